The molecule has 1 aliphatic heterocycles. The van der Waals surface area contributed by atoms with Crippen LogP contribution in [0.3, 0.4) is 0 Å². The molecule has 0 amide bonds. The fourth-order valence-electron chi connectivity index (χ4n) is 4.28. The minimum absolute atomic E-state index is 0.294. The Bertz CT molecular complexity index is 550. The minimum Gasteiger partial charge on any atom is -0.356 e. The van der Waals surface area contributed by atoms with E-state index in [1.54, 1.807) is 0 Å². The van der Waals surface area contributed by atoms with Crippen molar-refractivity contribution < 1.29 is 0 Å². The van der Waals surface area contributed by atoms with Crippen molar-refractivity contribution in [3.63, 3.8) is 0 Å². The quantitative estimate of drug-likeness (QED) is 0.617. The van der Waals surface area contributed by atoms with Gasteiger partial charge in [-0.2, -0.15) is 0 Å². The van der Waals surface area contributed by atoms with Crippen LogP contribution in [0, 0.1) is 5.92 Å². The Morgan fingerprint density at radius 2 is 2.00 bits per heavy atom. The Hall–Kier alpha value is -1.55. The van der Waals surface area contributed by atoms with Crippen molar-refractivity contribution >= 4 is 5.96 Å². The Labute approximate surface area is 153 Å². The largest absolute Gasteiger partial charge is 0.356 e. The fourth-order valence-corrected chi connectivity index (χ4v) is 4.28. The molecule has 1 atom stereocenters. The molecular formula is C21H34N4. The molecule has 1 saturated carbocycles. The highest BCUT2D eigenvalue weighted by atomic mass is 15.2. The molecule has 1 aromatic carbocycles. The molecule has 1 unspecified atom stereocenters. The molecule has 2 aliphatic rings. The van der Waals surface area contributed by atoms with Gasteiger partial charge in [0.2, 0.25) is 0 Å². The van der Waals surface area contributed by atoms with E-state index >= 15 is 0 Å². The van der Waals surface area contributed by atoms with Crippen molar-refractivity contribution in [2.24, 2.45) is 10.9 Å². The number of nitrogens with one attached hydrogen (secondary N) is 2. The normalized spacial score (nSPS) is 23.8. The maximum Gasteiger partial charge on any atom is 0.191 e. The van der Waals surface area contributed by atoms with Crippen LogP contribution in [0.4, 0.5) is 0 Å². The van der Waals surface area contributed by atoms with Crippen LogP contribution in [0.15, 0.2) is 35.3 Å². The maximum atomic E-state index is 4.45. The van der Waals surface area contributed by atoms with E-state index in [1.165, 1.54) is 57.3 Å². The zero-order chi connectivity index (χ0) is 17.5. The number of likely N-dealkylation sites (tertiary alicyclic amines) is 1. The van der Waals surface area contributed by atoms with Gasteiger partial charge in [0.1, 0.15) is 0 Å². The third-order valence-corrected chi connectivity index (χ3v) is 6.12. The first-order chi connectivity index (χ1) is 12.3. The van der Waals surface area contributed by atoms with Crippen molar-refractivity contribution in [3.8, 4) is 0 Å². The van der Waals surface area contributed by atoms with Crippen molar-refractivity contribution in [2.45, 2.75) is 44.4 Å². The second-order valence-corrected chi connectivity index (χ2v) is 7.71. The maximum absolute atomic E-state index is 4.45. The lowest BCUT2D eigenvalue weighted by atomic mass is 9.64. The summed E-state index contributed by atoms with van der Waals surface area (Å²) in [5, 5.41) is 7.17. The van der Waals surface area contributed by atoms with Crippen LogP contribution >= 0.6 is 0 Å². The summed E-state index contributed by atoms with van der Waals surface area (Å²) < 4.78 is 0. The lowest BCUT2D eigenvalue weighted by molar-refractivity contribution is 0.183. The molecule has 25 heavy (non-hydrogen) atoms. The second kappa shape index (κ2) is 8.70. The highest BCUT2D eigenvalue weighted by Gasteiger charge is 2.38. The minimum atomic E-state index is 0.294. The van der Waals surface area contributed by atoms with Crippen LogP contribution in [0.5, 0.6) is 0 Å². The lowest BCUT2D eigenvalue weighted by Crippen LogP contribution is -2.50. The lowest BCUT2D eigenvalue weighted by Gasteiger charge is -2.43. The second-order valence-electron chi connectivity index (χ2n) is 7.71. The van der Waals surface area contributed by atoms with Gasteiger partial charge < -0.3 is 15.5 Å². The highest BCUT2D eigenvalue weighted by molar-refractivity contribution is 5.79. The number of hydrogen-bond acceptors (Lipinski definition) is 2. The molecule has 2 N–H and O–H groups in total. The molecule has 3 rings (SSSR count). The third kappa shape index (κ3) is 4.55. The average Bonchev–Trinajstić information content (AvgIpc) is 2.64. The van der Waals surface area contributed by atoms with Gasteiger partial charge >= 0.3 is 0 Å². The Balaban J connectivity index is 1.49. The van der Waals surface area contributed by atoms with Crippen molar-refractivity contribution in [3.05, 3.63) is 35.9 Å². The number of rotatable bonds is 6. The molecular weight excluding hydrogens is 308 g/mol. The molecule has 138 valence electrons. The van der Waals surface area contributed by atoms with E-state index in [-0.39, 0.29) is 0 Å². The summed E-state index contributed by atoms with van der Waals surface area (Å²) in [6, 6.07) is 11.0. The van der Waals surface area contributed by atoms with E-state index < -0.39 is 0 Å². The highest BCUT2D eigenvalue weighted by Crippen LogP contribution is 2.43. The molecule has 2 fully saturated rings. The average molecular weight is 343 g/mol. The van der Waals surface area contributed by atoms with Crippen LogP contribution < -0.4 is 10.6 Å². The summed E-state index contributed by atoms with van der Waals surface area (Å²) in [5.41, 5.74) is 1.76. The molecule has 1 saturated heterocycles. The van der Waals surface area contributed by atoms with E-state index in [0.29, 0.717) is 5.41 Å². The van der Waals surface area contributed by atoms with E-state index in [1.807, 2.05) is 7.05 Å². The topological polar surface area (TPSA) is 39.7 Å². The summed E-state index contributed by atoms with van der Waals surface area (Å²) >= 11 is 0. The fraction of sp³-hybridized carbons (Fsp3) is 0.667. The van der Waals surface area contributed by atoms with Crippen molar-refractivity contribution in [2.75, 3.05) is 39.8 Å². The molecule has 4 heteroatoms. The first-order valence-corrected chi connectivity index (χ1v) is 9.98. The van der Waals surface area contributed by atoms with Gasteiger partial charge in [-0.15, -0.1) is 0 Å². The van der Waals surface area contributed by atoms with Crippen molar-refractivity contribution in [1.82, 2.24) is 15.5 Å². The zero-order valence-electron chi connectivity index (χ0n) is 15.9. The van der Waals surface area contributed by atoms with Gasteiger partial charge in [0.25, 0.3) is 0 Å². The molecule has 0 bridgehead atoms. The number of aliphatic imine (C=N–C) groups is 1. The van der Waals surface area contributed by atoms with Crippen molar-refractivity contribution in [1.29, 1.82) is 0 Å². The monoisotopic (exact) mass is 342 g/mol. The Morgan fingerprint density at radius 3 is 2.64 bits per heavy atom. The number of piperidine rings is 1. The van der Waals surface area contributed by atoms with Gasteiger partial charge in [0.05, 0.1) is 0 Å². The molecule has 1 aromatic rings. The predicted molar refractivity (Wildman–Crippen MR) is 106 cm³/mol. The summed E-state index contributed by atoms with van der Waals surface area (Å²) in [4.78, 5) is 7.01. The number of hydrogen-bond donors (Lipinski definition) is 2. The summed E-state index contributed by atoms with van der Waals surface area (Å²) in [6.45, 7) is 7.91. The van der Waals surface area contributed by atoms with Gasteiger partial charge in [-0.1, -0.05) is 43.7 Å². The summed E-state index contributed by atoms with van der Waals surface area (Å²) in [6.07, 6.45) is 6.53. The molecule has 1 aliphatic carbocycles. The Morgan fingerprint density at radius 1 is 1.20 bits per heavy atom. The predicted octanol–water partition coefficient (Wildman–Crippen LogP) is 3.01. The number of benzene rings is 1. The molecule has 0 aromatic heterocycles. The standard InChI is InChI=1S/C21H34N4/c1-3-25-14-7-9-18(16-25)15-23-20(22-2)24-17-21(12-8-13-21)19-10-5-4-6-11-19/h4-6,10-11,18H,3,7-9,12-17H2,1-2H3,(H2,22,23,24). The van der Waals surface area contributed by atoms with Gasteiger partial charge in [0.15, 0.2) is 5.96 Å². The molecule has 1 heterocycles. The van der Waals surface area contributed by atoms with Gasteiger partial charge in [-0.3, -0.25) is 4.99 Å². The van der Waals surface area contributed by atoms with Crippen LogP contribution in [-0.4, -0.2) is 50.6 Å². The van der Waals surface area contributed by atoms with Gasteiger partial charge in [-0.25, -0.2) is 0 Å². The van der Waals surface area contributed by atoms with Gasteiger partial charge in [0, 0.05) is 32.1 Å². The van der Waals surface area contributed by atoms with E-state index in [2.05, 4.69) is 57.8 Å². The van der Waals surface area contributed by atoms with E-state index in [0.717, 1.165) is 25.0 Å². The summed E-state index contributed by atoms with van der Waals surface area (Å²) in [5.74, 6) is 1.69. The zero-order valence-corrected chi connectivity index (χ0v) is 15.9. The van der Waals surface area contributed by atoms with Crippen LogP contribution in [0.25, 0.3) is 0 Å². The molecule has 0 radical (unpaired) electrons. The number of nitrogens with zero attached hydrogens (tertiary/aromatic N) is 2. The SMILES string of the molecule is CCN1CCCC(CNC(=NC)NCC2(c3ccccc3)CCC2)C1. The first kappa shape index (κ1) is 18.2. The van der Waals surface area contributed by atoms with E-state index in [4.69, 9.17) is 0 Å². The van der Waals surface area contributed by atoms with E-state index in [9.17, 15) is 0 Å². The first-order valence-electron chi connectivity index (χ1n) is 9.98. The van der Waals surface area contributed by atoms with Crippen LogP contribution in [-0.2, 0) is 5.41 Å². The van der Waals surface area contributed by atoms with Crippen LogP contribution in [0.2, 0.25) is 0 Å². The molecule has 0 spiro atoms. The summed E-state index contributed by atoms with van der Waals surface area (Å²) in [7, 11) is 1.88. The third-order valence-electron chi connectivity index (χ3n) is 6.12. The van der Waals surface area contributed by atoms with Gasteiger partial charge in [-0.05, 0) is 50.3 Å². The molecule has 4 nitrogen and oxygen atoms in total. The van der Waals surface area contributed by atoms with Crippen LogP contribution in [0.1, 0.15) is 44.6 Å². The number of guanidine groups is 1. The smallest absolute Gasteiger partial charge is 0.191 e. The Kier molecular flexibility index (Phi) is 6.35.